The van der Waals surface area contributed by atoms with Gasteiger partial charge in [0, 0.05) is 17.0 Å². The lowest BCUT2D eigenvalue weighted by atomic mass is 10.1. The second-order valence-corrected chi connectivity index (χ2v) is 4.72. The van der Waals surface area contributed by atoms with Crippen molar-refractivity contribution < 1.29 is 8.83 Å². The number of oxazole rings is 2. The lowest BCUT2D eigenvalue weighted by Crippen LogP contribution is -1.89. The van der Waals surface area contributed by atoms with Crippen LogP contribution in [-0.2, 0) is 0 Å². The fraction of sp³-hybridized carbons (Fsp3) is 0.250. The second-order valence-electron chi connectivity index (χ2n) is 4.72. The van der Waals surface area contributed by atoms with Gasteiger partial charge in [0.15, 0.2) is 11.7 Å². The lowest BCUT2D eigenvalue weighted by molar-refractivity contribution is 0.462. The van der Waals surface area contributed by atoms with Crippen LogP contribution in [-0.4, -0.2) is 9.97 Å². The Morgan fingerprint density at radius 2 is 2.15 bits per heavy atom. The van der Waals surface area contributed by atoms with Crippen molar-refractivity contribution in [2.24, 2.45) is 0 Å². The Morgan fingerprint density at radius 3 is 2.90 bits per heavy atom. The van der Waals surface area contributed by atoms with Crippen molar-refractivity contribution in [3.8, 4) is 22.8 Å². The van der Waals surface area contributed by atoms with Gasteiger partial charge in [-0.15, -0.1) is 0 Å². The first-order chi connectivity index (χ1) is 9.78. The van der Waals surface area contributed by atoms with Crippen molar-refractivity contribution in [2.45, 2.75) is 26.2 Å². The molecule has 20 heavy (non-hydrogen) atoms. The summed E-state index contributed by atoms with van der Waals surface area (Å²) in [4.78, 5) is 8.37. The first kappa shape index (κ1) is 12.7. The van der Waals surface area contributed by atoms with Crippen molar-refractivity contribution in [3.63, 3.8) is 0 Å². The summed E-state index contributed by atoms with van der Waals surface area (Å²) in [6.07, 6.45) is 7.12. The minimum atomic E-state index is 0.301. The molecule has 0 bridgehead atoms. The Kier molecular flexibility index (Phi) is 3.37. The van der Waals surface area contributed by atoms with Gasteiger partial charge in [-0.05, 0) is 18.6 Å². The minimum Gasteiger partial charge on any atom is -0.445 e. The van der Waals surface area contributed by atoms with E-state index >= 15 is 0 Å². The average molecular weight is 267 g/mol. The molecule has 0 amide bonds. The molecule has 0 fully saturated rings. The highest BCUT2D eigenvalue weighted by atomic mass is 16.4. The Labute approximate surface area is 117 Å². The first-order valence-corrected chi connectivity index (χ1v) is 6.66. The molecule has 0 aliphatic heterocycles. The highest BCUT2D eigenvalue weighted by molar-refractivity contribution is 5.65. The van der Waals surface area contributed by atoms with Crippen LogP contribution in [0.4, 0.5) is 0 Å². The van der Waals surface area contributed by atoms with Crippen LogP contribution in [0.5, 0.6) is 0 Å². The van der Waals surface area contributed by atoms with E-state index in [0.717, 1.165) is 23.4 Å². The normalized spacial score (nSPS) is 12.5. The minimum absolute atomic E-state index is 0.301. The molecule has 101 valence electrons. The SMILES string of the molecule is CCC(C)c1n[c]c(-c2cccc(-c3ncco3)c2)o1. The molecule has 3 rings (SSSR count). The summed E-state index contributed by atoms with van der Waals surface area (Å²) in [6.45, 7) is 4.20. The van der Waals surface area contributed by atoms with E-state index in [-0.39, 0.29) is 0 Å². The van der Waals surface area contributed by atoms with Gasteiger partial charge in [-0.3, -0.25) is 0 Å². The lowest BCUT2D eigenvalue weighted by Gasteiger charge is -2.02. The molecule has 0 aliphatic carbocycles. The Balaban J connectivity index is 1.94. The molecule has 2 heterocycles. The van der Waals surface area contributed by atoms with Gasteiger partial charge in [0.2, 0.25) is 5.89 Å². The molecule has 0 saturated carbocycles. The summed E-state index contributed by atoms with van der Waals surface area (Å²) in [5.41, 5.74) is 1.82. The highest BCUT2D eigenvalue weighted by Crippen LogP contribution is 2.28. The van der Waals surface area contributed by atoms with E-state index in [9.17, 15) is 0 Å². The van der Waals surface area contributed by atoms with Gasteiger partial charge < -0.3 is 8.83 Å². The zero-order valence-electron chi connectivity index (χ0n) is 11.5. The molecule has 4 heteroatoms. The molecule has 1 radical (unpaired) electrons. The number of nitrogens with zero attached hydrogens (tertiary/aromatic N) is 2. The first-order valence-electron chi connectivity index (χ1n) is 6.66. The van der Waals surface area contributed by atoms with Gasteiger partial charge in [0.05, 0.1) is 6.20 Å². The summed E-state index contributed by atoms with van der Waals surface area (Å²) in [5, 5.41) is 0. The predicted molar refractivity (Wildman–Crippen MR) is 75.0 cm³/mol. The van der Waals surface area contributed by atoms with E-state index in [4.69, 9.17) is 8.83 Å². The van der Waals surface area contributed by atoms with Crippen LogP contribution >= 0.6 is 0 Å². The molecule has 4 nitrogen and oxygen atoms in total. The quantitative estimate of drug-likeness (QED) is 0.706. The van der Waals surface area contributed by atoms with Crippen molar-refractivity contribution in [3.05, 3.63) is 48.8 Å². The third kappa shape index (κ3) is 2.37. The second kappa shape index (κ2) is 5.33. The third-order valence-electron chi connectivity index (χ3n) is 3.31. The summed E-state index contributed by atoms with van der Waals surface area (Å²) in [7, 11) is 0. The van der Waals surface area contributed by atoms with E-state index in [1.54, 1.807) is 12.5 Å². The molecule has 1 atom stereocenters. The summed E-state index contributed by atoms with van der Waals surface area (Å²) in [5.74, 6) is 2.26. The van der Waals surface area contributed by atoms with Gasteiger partial charge in [0.25, 0.3) is 0 Å². The zero-order valence-corrected chi connectivity index (χ0v) is 11.5. The molecule has 3 aromatic rings. The Hall–Kier alpha value is -2.36. The fourth-order valence-corrected chi connectivity index (χ4v) is 1.92. The maximum absolute atomic E-state index is 5.78. The van der Waals surface area contributed by atoms with E-state index in [1.807, 2.05) is 24.3 Å². The van der Waals surface area contributed by atoms with Crippen molar-refractivity contribution in [1.82, 2.24) is 9.97 Å². The summed E-state index contributed by atoms with van der Waals surface area (Å²) >= 11 is 0. The number of hydrogen-bond acceptors (Lipinski definition) is 4. The standard InChI is InChI=1S/C16H15N2O2/c1-3-11(2)15-18-10-14(20-15)12-5-4-6-13(9-12)16-17-7-8-19-16/h4-9,11H,3H2,1-2H3. The van der Waals surface area contributed by atoms with Crippen LogP contribution in [0, 0.1) is 6.20 Å². The van der Waals surface area contributed by atoms with Crippen LogP contribution in [0.25, 0.3) is 22.8 Å². The molecule has 0 saturated heterocycles. The fourth-order valence-electron chi connectivity index (χ4n) is 1.92. The third-order valence-corrected chi connectivity index (χ3v) is 3.31. The molecule has 1 unspecified atom stereocenters. The molecule has 1 aromatic carbocycles. The summed E-state index contributed by atoms with van der Waals surface area (Å²) in [6, 6.07) is 7.81. The topological polar surface area (TPSA) is 52.1 Å². The van der Waals surface area contributed by atoms with Crippen molar-refractivity contribution in [1.29, 1.82) is 0 Å². The van der Waals surface area contributed by atoms with Gasteiger partial charge in [-0.25, -0.2) is 9.97 Å². The van der Waals surface area contributed by atoms with E-state index < -0.39 is 0 Å². The van der Waals surface area contributed by atoms with Crippen LogP contribution < -0.4 is 0 Å². The van der Waals surface area contributed by atoms with Crippen molar-refractivity contribution in [2.75, 3.05) is 0 Å². The molecule has 0 aliphatic rings. The average Bonchev–Trinajstić information content (AvgIpc) is 3.18. The highest BCUT2D eigenvalue weighted by Gasteiger charge is 2.13. The predicted octanol–water partition coefficient (Wildman–Crippen LogP) is 4.31. The van der Waals surface area contributed by atoms with E-state index in [0.29, 0.717) is 17.6 Å². The Morgan fingerprint density at radius 1 is 1.30 bits per heavy atom. The number of hydrogen-bond donors (Lipinski definition) is 0. The number of aromatic nitrogens is 2. The molecule has 2 aromatic heterocycles. The number of rotatable bonds is 4. The van der Waals surface area contributed by atoms with Crippen LogP contribution in [0.1, 0.15) is 32.1 Å². The maximum atomic E-state index is 5.78. The Bertz CT molecular complexity index is 686. The van der Waals surface area contributed by atoms with Crippen LogP contribution in [0.3, 0.4) is 0 Å². The van der Waals surface area contributed by atoms with Gasteiger partial charge in [-0.1, -0.05) is 26.0 Å². The van der Waals surface area contributed by atoms with Crippen LogP contribution in [0.15, 0.2) is 45.6 Å². The molecule has 0 N–H and O–H groups in total. The van der Waals surface area contributed by atoms with Crippen molar-refractivity contribution >= 4 is 0 Å². The van der Waals surface area contributed by atoms with Gasteiger partial charge in [-0.2, -0.15) is 0 Å². The van der Waals surface area contributed by atoms with E-state index in [1.165, 1.54) is 0 Å². The molecular formula is C16H15N2O2. The zero-order chi connectivity index (χ0) is 13.9. The van der Waals surface area contributed by atoms with Gasteiger partial charge >= 0.3 is 0 Å². The monoisotopic (exact) mass is 267 g/mol. The van der Waals surface area contributed by atoms with Crippen LogP contribution in [0.2, 0.25) is 0 Å². The summed E-state index contributed by atoms with van der Waals surface area (Å²) < 4.78 is 11.1. The van der Waals surface area contributed by atoms with Gasteiger partial charge in [0.1, 0.15) is 12.5 Å². The molecule has 0 spiro atoms. The molecular weight excluding hydrogens is 252 g/mol. The maximum Gasteiger partial charge on any atom is 0.225 e. The number of benzene rings is 1. The smallest absolute Gasteiger partial charge is 0.225 e. The van der Waals surface area contributed by atoms with E-state index in [2.05, 4.69) is 30.0 Å². The largest absolute Gasteiger partial charge is 0.445 e.